The normalized spacial score (nSPS) is 19.9. The number of likely N-dealkylation sites (N-methyl/N-ethyl adjacent to an activating group) is 1. The number of carbonyl (C=O) groups is 4. The monoisotopic (exact) mass is 624 g/mol. The van der Waals surface area contributed by atoms with E-state index in [9.17, 15) is 19.2 Å². The number of carbonyl (C=O) groups excluding carboxylic acids is 4. The molecule has 4 rings (SSSR count). The minimum Gasteiger partial charge on any atom is -0.445 e. The molecule has 0 unspecified atom stereocenters. The van der Waals surface area contributed by atoms with Gasteiger partial charge >= 0.3 is 6.09 Å². The van der Waals surface area contributed by atoms with Gasteiger partial charge < -0.3 is 25.6 Å². The van der Waals surface area contributed by atoms with Gasteiger partial charge in [0, 0.05) is 13.1 Å². The van der Waals surface area contributed by atoms with Crippen molar-refractivity contribution in [3.63, 3.8) is 0 Å². The summed E-state index contributed by atoms with van der Waals surface area (Å²) in [4.78, 5) is 59.6. The standard InChI is InChI=1S/C21H30N4O5.C13H22N2/c1-4-22-19(27)17-11-8-12-25(17)20(28)15(3)23-18(26)14(2)24-21(29)30-13-16-9-6-5-7-10-16;1-3-7-12(8-4-1)14-11-15-13-9-5-2-6-10-13/h5-7,9-10,14-15,17H,4,8,11-13H2,1-3H3,(H,22,27)(H,23,26)(H,24,29);12-13H,1-10H2/t14-,15-,17-;/m0./s1. The van der Waals surface area contributed by atoms with E-state index < -0.39 is 30.1 Å². The average Bonchev–Trinajstić information content (AvgIpc) is 3.56. The van der Waals surface area contributed by atoms with Gasteiger partial charge in [-0.2, -0.15) is 0 Å². The highest BCUT2D eigenvalue weighted by Crippen LogP contribution is 2.21. The molecule has 11 heteroatoms. The smallest absolute Gasteiger partial charge is 0.408 e. The van der Waals surface area contributed by atoms with Gasteiger partial charge in [-0.15, -0.1) is 0 Å². The summed E-state index contributed by atoms with van der Waals surface area (Å²) < 4.78 is 5.10. The number of aliphatic imine (C=N–C) groups is 2. The van der Waals surface area contributed by atoms with Crippen LogP contribution in [0.2, 0.25) is 0 Å². The van der Waals surface area contributed by atoms with E-state index in [1.807, 2.05) is 37.3 Å². The van der Waals surface area contributed by atoms with Gasteiger partial charge in [-0.3, -0.25) is 14.4 Å². The van der Waals surface area contributed by atoms with Crippen molar-refractivity contribution in [3.05, 3.63) is 35.9 Å². The molecular formula is C34H52N6O5. The molecule has 0 bridgehead atoms. The maximum atomic E-state index is 12.7. The summed E-state index contributed by atoms with van der Waals surface area (Å²) in [5, 5.41) is 7.77. The third-order valence-corrected chi connectivity index (χ3v) is 8.49. The predicted molar refractivity (Wildman–Crippen MR) is 174 cm³/mol. The van der Waals surface area contributed by atoms with Crippen LogP contribution in [0.25, 0.3) is 0 Å². The molecule has 1 aromatic carbocycles. The van der Waals surface area contributed by atoms with Crippen LogP contribution in [0.4, 0.5) is 4.79 Å². The molecule has 3 atom stereocenters. The lowest BCUT2D eigenvalue weighted by Crippen LogP contribution is -2.55. The van der Waals surface area contributed by atoms with Crippen LogP contribution in [0.3, 0.4) is 0 Å². The number of nitrogens with one attached hydrogen (secondary N) is 3. The number of nitrogens with zero attached hydrogens (tertiary/aromatic N) is 3. The zero-order chi connectivity index (χ0) is 32.4. The number of hydrogen-bond donors (Lipinski definition) is 3. The Kier molecular flexibility index (Phi) is 15.6. The van der Waals surface area contributed by atoms with Gasteiger partial charge in [0.2, 0.25) is 17.7 Å². The van der Waals surface area contributed by atoms with Crippen molar-refractivity contribution in [2.24, 2.45) is 9.98 Å². The Morgan fingerprint density at radius 2 is 1.44 bits per heavy atom. The van der Waals surface area contributed by atoms with E-state index in [1.165, 1.54) is 76.0 Å². The molecule has 248 valence electrons. The maximum Gasteiger partial charge on any atom is 0.408 e. The van der Waals surface area contributed by atoms with Crippen LogP contribution in [0.5, 0.6) is 0 Å². The molecule has 2 saturated carbocycles. The second kappa shape index (κ2) is 19.6. The van der Waals surface area contributed by atoms with Crippen molar-refractivity contribution in [2.75, 3.05) is 13.1 Å². The van der Waals surface area contributed by atoms with E-state index in [0.29, 0.717) is 31.6 Å². The Bertz CT molecular complexity index is 1120. The van der Waals surface area contributed by atoms with Crippen molar-refractivity contribution in [1.82, 2.24) is 20.9 Å². The number of alkyl carbamates (subject to hydrolysis) is 1. The van der Waals surface area contributed by atoms with E-state index in [1.54, 1.807) is 6.92 Å². The Hall–Kier alpha value is -3.72. The van der Waals surface area contributed by atoms with Crippen molar-refractivity contribution in [2.45, 2.75) is 135 Å². The van der Waals surface area contributed by atoms with Crippen LogP contribution in [0, 0.1) is 0 Å². The van der Waals surface area contributed by atoms with Crippen molar-refractivity contribution >= 4 is 29.8 Å². The largest absolute Gasteiger partial charge is 0.445 e. The van der Waals surface area contributed by atoms with Gasteiger partial charge in [0.05, 0.1) is 18.1 Å². The first-order chi connectivity index (χ1) is 21.8. The minimum atomic E-state index is -0.888. The molecule has 1 heterocycles. The van der Waals surface area contributed by atoms with Crippen LogP contribution in [-0.2, 0) is 25.7 Å². The average molecular weight is 625 g/mol. The van der Waals surface area contributed by atoms with Crippen LogP contribution in [0.1, 0.15) is 103 Å². The van der Waals surface area contributed by atoms with E-state index >= 15 is 0 Å². The molecule has 0 aromatic heterocycles. The second-order valence-corrected chi connectivity index (χ2v) is 12.2. The molecule has 2 aliphatic carbocycles. The quantitative estimate of drug-likeness (QED) is 0.322. The maximum absolute atomic E-state index is 12.7. The summed E-state index contributed by atoms with van der Waals surface area (Å²) in [6.45, 7) is 5.94. The summed E-state index contributed by atoms with van der Waals surface area (Å²) >= 11 is 0. The number of hydrogen-bond acceptors (Lipinski definition) is 7. The number of benzene rings is 1. The topological polar surface area (TPSA) is 142 Å². The molecule has 4 amide bonds. The molecule has 0 radical (unpaired) electrons. The van der Waals surface area contributed by atoms with Crippen LogP contribution < -0.4 is 16.0 Å². The summed E-state index contributed by atoms with van der Waals surface area (Å²) in [5.41, 5.74) is 0.830. The fraction of sp³-hybridized carbons (Fsp3) is 0.676. The zero-order valence-electron chi connectivity index (χ0n) is 27.3. The third-order valence-electron chi connectivity index (χ3n) is 8.49. The molecule has 3 aliphatic rings. The van der Waals surface area contributed by atoms with Crippen LogP contribution >= 0.6 is 0 Å². The number of amides is 4. The number of ether oxygens (including phenoxy) is 1. The van der Waals surface area contributed by atoms with Crippen molar-refractivity contribution < 1.29 is 23.9 Å². The van der Waals surface area contributed by atoms with E-state index in [2.05, 4.69) is 31.9 Å². The zero-order valence-corrected chi connectivity index (χ0v) is 27.3. The molecule has 0 spiro atoms. The first-order valence-corrected chi connectivity index (χ1v) is 16.8. The molecule has 1 aliphatic heterocycles. The Labute approximate surface area is 268 Å². The summed E-state index contributed by atoms with van der Waals surface area (Å²) in [7, 11) is 0. The SMILES string of the molecule is C(=NC1CCCCC1)=NC1CCCCC1.CCNC(=O)[C@@H]1CCCN1C(=O)[C@H](C)NC(=O)[C@H](C)NC(=O)OCc1ccccc1. The Balaban J connectivity index is 0.000000305. The summed E-state index contributed by atoms with van der Waals surface area (Å²) in [6, 6.07) is 11.0. The van der Waals surface area contributed by atoms with E-state index in [0.717, 1.165) is 12.0 Å². The molecular weight excluding hydrogens is 572 g/mol. The molecule has 11 nitrogen and oxygen atoms in total. The molecule has 45 heavy (non-hydrogen) atoms. The van der Waals surface area contributed by atoms with Gasteiger partial charge in [0.25, 0.3) is 0 Å². The van der Waals surface area contributed by atoms with E-state index in [4.69, 9.17) is 4.74 Å². The van der Waals surface area contributed by atoms with Gasteiger partial charge in [0.15, 0.2) is 0 Å². The highest BCUT2D eigenvalue weighted by atomic mass is 16.5. The van der Waals surface area contributed by atoms with E-state index in [-0.39, 0.29) is 18.4 Å². The lowest BCUT2D eigenvalue weighted by atomic mass is 9.96. The predicted octanol–water partition coefficient (Wildman–Crippen LogP) is 4.76. The first-order valence-electron chi connectivity index (χ1n) is 16.8. The molecule has 1 aromatic rings. The van der Waals surface area contributed by atoms with Crippen LogP contribution in [-0.4, -0.2) is 78.0 Å². The summed E-state index contributed by atoms with van der Waals surface area (Å²) in [5.74, 6) is -1.02. The number of likely N-dealkylation sites (tertiary alicyclic amines) is 1. The minimum absolute atomic E-state index is 0.0894. The van der Waals surface area contributed by atoms with Gasteiger partial charge in [-0.25, -0.2) is 14.8 Å². The van der Waals surface area contributed by atoms with Crippen molar-refractivity contribution in [1.29, 1.82) is 0 Å². The fourth-order valence-corrected chi connectivity index (χ4v) is 5.87. The Morgan fingerprint density at radius 1 is 0.844 bits per heavy atom. The molecule has 1 saturated heterocycles. The lowest BCUT2D eigenvalue weighted by Gasteiger charge is -2.27. The molecule has 3 fully saturated rings. The Morgan fingerprint density at radius 3 is 2.02 bits per heavy atom. The van der Waals surface area contributed by atoms with Crippen molar-refractivity contribution in [3.8, 4) is 0 Å². The lowest BCUT2D eigenvalue weighted by molar-refractivity contribution is -0.141. The van der Waals surface area contributed by atoms with Crippen LogP contribution in [0.15, 0.2) is 40.3 Å². The third kappa shape index (κ3) is 12.7. The van der Waals surface area contributed by atoms with Gasteiger partial charge in [0.1, 0.15) is 24.7 Å². The highest BCUT2D eigenvalue weighted by Gasteiger charge is 2.36. The van der Waals surface area contributed by atoms with Gasteiger partial charge in [-0.1, -0.05) is 68.9 Å². The van der Waals surface area contributed by atoms with Gasteiger partial charge in [-0.05, 0) is 64.9 Å². The molecule has 3 N–H and O–H groups in total. The summed E-state index contributed by atoms with van der Waals surface area (Å²) in [6.07, 6.45) is 13.8. The second-order valence-electron chi connectivity index (χ2n) is 12.2. The first kappa shape index (κ1) is 35.8. The fourth-order valence-electron chi connectivity index (χ4n) is 5.87. The number of rotatable bonds is 10. The highest BCUT2D eigenvalue weighted by molar-refractivity contribution is 5.93.